The maximum absolute atomic E-state index is 5.72. The van der Waals surface area contributed by atoms with Crippen LogP contribution in [0.15, 0.2) is 42.7 Å². The standard InChI is InChI=1S/C18H23NO/c1-2-10-18(11-3-1)20-13-7-6-12-19-14-16-8-4-5-9-17(16)15-19/h1-3,10-11,14-15H,4-9,12-13H2. The van der Waals surface area contributed by atoms with E-state index in [1.807, 2.05) is 30.3 Å². The van der Waals surface area contributed by atoms with Crippen LogP contribution in [0.25, 0.3) is 0 Å². The van der Waals surface area contributed by atoms with E-state index in [1.54, 1.807) is 11.1 Å². The van der Waals surface area contributed by atoms with E-state index in [2.05, 4.69) is 17.0 Å². The molecule has 106 valence electrons. The number of aryl methyl sites for hydroxylation is 3. The van der Waals surface area contributed by atoms with Crippen LogP contribution >= 0.6 is 0 Å². The first-order valence-electron chi connectivity index (χ1n) is 7.77. The van der Waals surface area contributed by atoms with Crippen LogP contribution in [0.2, 0.25) is 0 Å². The molecule has 1 aromatic heterocycles. The van der Waals surface area contributed by atoms with Crippen molar-refractivity contribution in [1.82, 2.24) is 4.57 Å². The second-order valence-electron chi connectivity index (χ2n) is 5.62. The highest BCUT2D eigenvalue weighted by molar-refractivity contribution is 5.26. The third-order valence-electron chi connectivity index (χ3n) is 4.02. The number of fused-ring (bicyclic) bond motifs is 1. The first-order valence-corrected chi connectivity index (χ1v) is 7.77. The molecule has 1 aromatic carbocycles. The Kier molecular flexibility index (Phi) is 4.42. The summed E-state index contributed by atoms with van der Waals surface area (Å²) in [6.07, 6.45) is 12.3. The van der Waals surface area contributed by atoms with Gasteiger partial charge in [-0.1, -0.05) is 18.2 Å². The third-order valence-corrected chi connectivity index (χ3v) is 4.02. The van der Waals surface area contributed by atoms with Crippen LogP contribution < -0.4 is 4.74 Å². The van der Waals surface area contributed by atoms with Gasteiger partial charge in [-0.25, -0.2) is 0 Å². The van der Waals surface area contributed by atoms with Crippen LogP contribution in [0, 0.1) is 0 Å². The highest BCUT2D eigenvalue weighted by atomic mass is 16.5. The minimum atomic E-state index is 0.811. The van der Waals surface area contributed by atoms with Crippen LogP contribution in [0.5, 0.6) is 5.75 Å². The molecule has 1 aliphatic carbocycles. The largest absolute Gasteiger partial charge is 0.494 e. The molecule has 20 heavy (non-hydrogen) atoms. The zero-order valence-electron chi connectivity index (χ0n) is 12.1. The Morgan fingerprint density at radius 3 is 2.30 bits per heavy atom. The van der Waals surface area contributed by atoms with Crippen LogP contribution in [-0.4, -0.2) is 11.2 Å². The van der Waals surface area contributed by atoms with Gasteiger partial charge in [-0.05, 0) is 61.8 Å². The summed E-state index contributed by atoms with van der Waals surface area (Å²) < 4.78 is 8.09. The van der Waals surface area contributed by atoms with Gasteiger partial charge in [-0.3, -0.25) is 0 Å². The number of rotatable bonds is 6. The fourth-order valence-corrected chi connectivity index (χ4v) is 2.92. The van der Waals surface area contributed by atoms with Crippen LogP contribution in [-0.2, 0) is 19.4 Å². The molecule has 0 radical (unpaired) electrons. The predicted octanol–water partition coefficient (Wildman–Crippen LogP) is 4.23. The smallest absolute Gasteiger partial charge is 0.119 e. The summed E-state index contributed by atoms with van der Waals surface area (Å²) in [5, 5.41) is 0. The van der Waals surface area contributed by atoms with Crippen molar-refractivity contribution in [3.05, 3.63) is 53.9 Å². The number of hydrogen-bond acceptors (Lipinski definition) is 1. The minimum Gasteiger partial charge on any atom is -0.494 e. The maximum atomic E-state index is 5.72. The lowest BCUT2D eigenvalue weighted by molar-refractivity contribution is 0.303. The molecule has 2 heteroatoms. The monoisotopic (exact) mass is 269 g/mol. The third kappa shape index (κ3) is 3.44. The van der Waals surface area contributed by atoms with E-state index in [9.17, 15) is 0 Å². The number of para-hydroxylation sites is 1. The van der Waals surface area contributed by atoms with Crippen molar-refractivity contribution in [2.24, 2.45) is 0 Å². The summed E-state index contributed by atoms with van der Waals surface area (Å²) in [6.45, 7) is 1.93. The zero-order chi connectivity index (χ0) is 13.6. The lowest BCUT2D eigenvalue weighted by Gasteiger charge is -2.08. The quantitative estimate of drug-likeness (QED) is 0.716. The van der Waals surface area contributed by atoms with Gasteiger partial charge in [0.2, 0.25) is 0 Å². The average molecular weight is 269 g/mol. The summed E-state index contributed by atoms with van der Waals surface area (Å²) in [5.74, 6) is 0.976. The van der Waals surface area contributed by atoms with Gasteiger partial charge in [-0.2, -0.15) is 0 Å². The lowest BCUT2D eigenvalue weighted by Crippen LogP contribution is -2.00. The van der Waals surface area contributed by atoms with Crippen molar-refractivity contribution in [1.29, 1.82) is 0 Å². The predicted molar refractivity (Wildman–Crippen MR) is 82.2 cm³/mol. The Labute approximate surface area is 121 Å². The molecule has 2 aromatic rings. The van der Waals surface area contributed by atoms with Gasteiger partial charge in [-0.15, -0.1) is 0 Å². The SMILES string of the molecule is c1ccc(OCCCCn2cc3c(c2)CCCC3)cc1. The molecule has 0 amide bonds. The van der Waals surface area contributed by atoms with Crippen molar-refractivity contribution in [3.8, 4) is 5.75 Å². The Morgan fingerprint density at radius 2 is 1.60 bits per heavy atom. The number of benzene rings is 1. The van der Waals surface area contributed by atoms with Crippen LogP contribution in [0.4, 0.5) is 0 Å². The molecule has 0 N–H and O–H groups in total. The molecule has 2 nitrogen and oxygen atoms in total. The Balaban J connectivity index is 1.38. The molecule has 0 spiro atoms. The molecule has 1 aliphatic rings. The van der Waals surface area contributed by atoms with Crippen LogP contribution in [0.1, 0.15) is 36.8 Å². The van der Waals surface area contributed by atoms with E-state index in [0.717, 1.165) is 25.3 Å². The van der Waals surface area contributed by atoms with Gasteiger partial charge in [0.25, 0.3) is 0 Å². The number of aromatic nitrogens is 1. The second kappa shape index (κ2) is 6.65. The highest BCUT2D eigenvalue weighted by Gasteiger charge is 2.11. The fourth-order valence-electron chi connectivity index (χ4n) is 2.92. The lowest BCUT2D eigenvalue weighted by atomic mass is 9.96. The van der Waals surface area contributed by atoms with E-state index in [0.29, 0.717) is 0 Å². The van der Waals surface area contributed by atoms with E-state index in [-0.39, 0.29) is 0 Å². The van der Waals surface area contributed by atoms with Gasteiger partial charge in [0.1, 0.15) is 5.75 Å². The normalized spacial score (nSPS) is 14.0. The summed E-state index contributed by atoms with van der Waals surface area (Å²) in [7, 11) is 0. The topological polar surface area (TPSA) is 14.2 Å². The first kappa shape index (κ1) is 13.3. The van der Waals surface area contributed by atoms with Crippen molar-refractivity contribution in [2.45, 2.75) is 45.1 Å². The van der Waals surface area contributed by atoms with Gasteiger partial charge < -0.3 is 9.30 Å². The Hall–Kier alpha value is -1.70. The molecule has 0 saturated carbocycles. The maximum Gasteiger partial charge on any atom is 0.119 e. The second-order valence-corrected chi connectivity index (χ2v) is 5.62. The highest BCUT2D eigenvalue weighted by Crippen LogP contribution is 2.22. The van der Waals surface area contributed by atoms with E-state index < -0.39 is 0 Å². The molecule has 0 aliphatic heterocycles. The number of unbranched alkanes of at least 4 members (excludes halogenated alkanes) is 1. The number of nitrogens with zero attached hydrogens (tertiary/aromatic N) is 1. The molecule has 0 unspecified atom stereocenters. The van der Waals surface area contributed by atoms with Crippen molar-refractivity contribution < 1.29 is 4.74 Å². The number of ether oxygens (including phenoxy) is 1. The molecule has 0 saturated heterocycles. The molecule has 1 heterocycles. The van der Waals surface area contributed by atoms with Gasteiger partial charge in [0, 0.05) is 18.9 Å². The van der Waals surface area contributed by atoms with Crippen molar-refractivity contribution in [3.63, 3.8) is 0 Å². The van der Waals surface area contributed by atoms with Gasteiger partial charge >= 0.3 is 0 Å². The van der Waals surface area contributed by atoms with Gasteiger partial charge in [0.05, 0.1) is 6.61 Å². The van der Waals surface area contributed by atoms with E-state index in [1.165, 1.54) is 32.1 Å². The summed E-state index contributed by atoms with van der Waals surface area (Å²) in [4.78, 5) is 0. The summed E-state index contributed by atoms with van der Waals surface area (Å²) >= 11 is 0. The van der Waals surface area contributed by atoms with Crippen molar-refractivity contribution >= 4 is 0 Å². The zero-order valence-corrected chi connectivity index (χ0v) is 12.1. The number of hydrogen-bond donors (Lipinski definition) is 0. The molecule has 0 fully saturated rings. The molecule has 3 rings (SSSR count). The molecular formula is C18H23NO. The minimum absolute atomic E-state index is 0.811. The summed E-state index contributed by atoms with van der Waals surface area (Å²) in [6, 6.07) is 10.1. The average Bonchev–Trinajstić information content (AvgIpc) is 2.90. The fraction of sp³-hybridized carbons (Fsp3) is 0.444. The van der Waals surface area contributed by atoms with E-state index >= 15 is 0 Å². The Morgan fingerprint density at radius 1 is 0.900 bits per heavy atom. The molecule has 0 bridgehead atoms. The van der Waals surface area contributed by atoms with Crippen molar-refractivity contribution in [2.75, 3.05) is 6.61 Å². The Bertz CT molecular complexity index is 506. The summed E-state index contributed by atoms with van der Waals surface area (Å²) in [5.41, 5.74) is 3.16. The van der Waals surface area contributed by atoms with Crippen LogP contribution in [0.3, 0.4) is 0 Å². The molecular weight excluding hydrogens is 246 g/mol. The first-order chi connectivity index (χ1) is 9.92. The molecule has 0 atom stereocenters. The van der Waals surface area contributed by atoms with E-state index in [4.69, 9.17) is 4.74 Å². The van der Waals surface area contributed by atoms with Gasteiger partial charge in [0.15, 0.2) is 0 Å².